The third-order valence-corrected chi connectivity index (χ3v) is 4.90. The molecule has 22 heavy (non-hydrogen) atoms. The highest BCUT2D eigenvalue weighted by molar-refractivity contribution is 7.07. The van der Waals surface area contributed by atoms with Crippen molar-refractivity contribution in [2.45, 2.75) is 32.2 Å². The fourth-order valence-corrected chi connectivity index (χ4v) is 3.57. The molecule has 2 aromatic heterocycles. The van der Waals surface area contributed by atoms with Gasteiger partial charge in [0.25, 0.3) is 0 Å². The number of hydrogen-bond donors (Lipinski definition) is 1. The van der Waals surface area contributed by atoms with Gasteiger partial charge in [-0.3, -0.25) is 9.88 Å². The summed E-state index contributed by atoms with van der Waals surface area (Å²) in [6.45, 7) is 3.33. The van der Waals surface area contributed by atoms with E-state index in [1.807, 2.05) is 25.0 Å². The van der Waals surface area contributed by atoms with Crippen molar-refractivity contribution in [3.05, 3.63) is 34.7 Å². The van der Waals surface area contributed by atoms with Gasteiger partial charge in [-0.05, 0) is 44.7 Å². The molecule has 118 valence electrons. The fourth-order valence-electron chi connectivity index (χ4n) is 3.02. The third kappa shape index (κ3) is 4.24. The van der Waals surface area contributed by atoms with Crippen LogP contribution in [0.3, 0.4) is 0 Å². The molecule has 0 radical (unpaired) electrons. The highest BCUT2D eigenvalue weighted by atomic mass is 32.1. The first-order valence-corrected chi connectivity index (χ1v) is 8.86. The van der Waals surface area contributed by atoms with E-state index in [2.05, 4.69) is 30.5 Å². The van der Waals surface area contributed by atoms with Crippen molar-refractivity contribution in [3.8, 4) is 0 Å². The average Bonchev–Trinajstić information content (AvgIpc) is 2.96. The summed E-state index contributed by atoms with van der Waals surface area (Å²) in [6, 6.07) is 0. The molecule has 1 aliphatic rings. The number of hydrogen-bond acceptors (Lipinski definition) is 6. The Balaban J connectivity index is 1.51. The Labute approximate surface area is 135 Å². The van der Waals surface area contributed by atoms with Gasteiger partial charge in [0.05, 0.1) is 29.3 Å². The van der Waals surface area contributed by atoms with Crippen LogP contribution in [0.5, 0.6) is 0 Å². The molecule has 1 fully saturated rings. The van der Waals surface area contributed by atoms with Crippen LogP contribution in [-0.4, -0.2) is 40.0 Å². The number of thiazole rings is 1. The maximum Gasteiger partial charge on any atom is 0.144 e. The number of likely N-dealkylation sites (tertiary alicyclic amines) is 1. The fraction of sp³-hybridized carbons (Fsp3) is 0.562. The molecule has 1 N–H and O–H groups in total. The van der Waals surface area contributed by atoms with Crippen molar-refractivity contribution in [3.63, 3.8) is 0 Å². The second-order valence-corrected chi connectivity index (χ2v) is 6.62. The minimum absolute atomic E-state index is 0.718. The zero-order valence-corrected chi connectivity index (χ0v) is 13.9. The lowest BCUT2D eigenvalue weighted by Gasteiger charge is -2.18. The van der Waals surface area contributed by atoms with Gasteiger partial charge in [-0.1, -0.05) is 0 Å². The van der Waals surface area contributed by atoms with Gasteiger partial charge >= 0.3 is 0 Å². The van der Waals surface area contributed by atoms with Crippen LogP contribution in [0.15, 0.2) is 23.3 Å². The maximum absolute atomic E-state index is 4.51. The van der Waals surface area contributed by atoms with Crippen LogP contribution in [0.25, 0.3) is 0 Å². The molecule has 0 amide bonds. The highest BCUT2D eigenvalue weighted by Crippen LogP contribution is 2.22. The van der Waals surface area contributed by atoms with Crippen molar-refractivity contribution >= 4 is 17.2 Å². The molecule has 1 atom stereocenters. The zero-order valence-electron chi connectivity index (χ0n) is 13.0. The normalized spacial score (nSPS) is 19.8. The van der Waals surface area contributed by atoms with E-state index in [9.17, 15) is 0 Å². The lowest BCUT2D eigenvalue weighted by atomic mass is 9.95. The summed E-state index contributed by atoms with van der Waals surface area (Å²) >= 11 is 1.68. The maximum atomic E-state index is 4.51. The second-order valence-electron chi connectivity index (χ2n) is 5.90. The quantitative estimate of drug-likeness (QED) is 0.919. The number of nitrogens with one attached hydrogen (secondary N) is 1. The molecular weight excluding hydrogens is 294 g/mol. The van der Waals surface area contributed by atoms with E-state index >= 15 is 0 Å². The summed E-state index contributed by atoms with van der Waals surface area (Å²) < 4.78 is 0. The summed E-state index contributed by atoms with van der Waals surface area (Å²) in [5, 5.41) is 5.16. The molecule has 1 aliphatic heterocycles. The topological polar surface area (TPSA) is 53.9 Å². The van der Waals surface area contributed by atoms with Gasteiger partial charge in [0.2, 0.25) is 0 Å². The predicted octanol–water partition coefficient (Wildman–Crippen LogP) is 2.82. The lowest BCUT2D eigenvalue weighted by molar-refractivity contribution is 0.269. The monoisotopic (exact) mass is 317 g/mol. The van der Waals surface area contributed by atoms with Crippen LogP contribution < -0.4 is 5.32 Å². The average molecular weight is 317 g/mol. The Kier molecular flexibility index (Phi) is 5.34. The number of aromatic nitrogens is 3. The van der Waals surface area contributed by atoms with E-state index in [0.717, 1.165) is 36.9 Å². The van der Waals surface area contributed by atoms with E-state index in [4.69, 9.17) is 0 Å². The summed E-state index contributed by atoms with van der Waals surface area (Å²) in [6.07, 6.45) is 8.55. The Hall–Kier alpha value is -1.53. The standard InChI is InChI=1S/C16H23N5S/c1-17-16-9-18-14(8-19-16)7-13-3-2-5-21(6-4-13)10-15-11-22-12-20-15/h8-9,11-13H,2-7,10H2,1H3,(H,17,19). The first kappa shape index (κ1) is 15.4. The van der Waals surface area contributed by atoms with Crippen LogP contribution in [-0.2, 0) is 13.0 Å². The molecule has 6 heteroatoms. The third-order valence-electron chi connectivity index (χ3n) is 4.27. The summed E-state index contributed by atoms with van der Waals surface area (Å²) in [5.41, 5.74) is 4.23. The van der Waals surface area contributed by atoms with E-state index in [1.54, 1.807) is 11.3 Å². The molecule has 3 heterocycles. The molecule has 5 nitrogen and oxygen atoms in total. The largest absolute Gasteiger partial charge is 0.372 e. The molecule has 0 aromatic carbocycles. The smallest absolute Gasteiger partial charge is 0.144 e. The molecule has 0 aliphatic carbocycles. The molecule has 1 unspecified atom stereocenters. The van der Waals surface area contributed by atoms with E-state index < -0.39 is 0 Å². The van der Waals surface area contributed by atoms with Crippen molar-refractivity contribution < 1.29 is 0 Å². The summed E-state index contributed by atoms with van der Waals surface area (Å²) in [5.74, 6) is 1.55. The summed E-state index contributed by atoms with van der Waals surface area (Å²) in [4.78, 5) is 15.8. The minimum atomic E-state index is 0.718. The Morgan fingerprint density at radius 1 is 1.18 bits per heavy atom. The molecular formula is C16H23N5S. The number of nitrogens with zero attached hydrogens (tertiary/aromatic N) is 4. The number of anilines is 1. The zero-order chi connectivity index (χ0) is 15.2. The molecule has 0 spiro atoms. The molecule has 0 saturated carbocycles. The molecule has 3 rings (SSSR count). The van der Waals surface area contributed by atoms with Gasteiger partial charge < -0.3 is 5.32 Å². The van der Waals surface area contributed by atoms with Crippen LogP contribution in [0, 0.1) is 5.92 Å². The van der Waals surface area contributed by atoms with Gasteiger partial charge in [-0.2, -0.15) is 0 Å². The molecule has 2 aromatic rings. The van der Waals surface area contributed by atoms with Crippen LogP contribution in [0.2, 0.25) is 0 Å². The van der Waals surface area contributed by atoms with Crippen LogP contribution in [0.1, 0.15) is 30.7 Å². The molecule has 0 bridgehead atoms. The van der Waals surface area contributed by atoms with Gasteiger partial charge in [0, 0.05) is 19.0 Å². The Morgan fingerprint density at radius 3 is 2.86 bits per heavy atom. The first-order valence-electron chi connectivity index (χ1n) is 7.91. The first-order chi connectivity index (χ1) is 10.8. The van der Waals surface area contributed by atoms with Gasteiger partial charge in [0.15, 0.2) is 0 Å². The number of rotatable bonds is 5. The van der Waals surface area contributed by atoms with E-state index in [-0.39, 0.29) is 0 Å². The summed E-state index contributed by atoms with van der Waals surface area (Å²) in [7, 11) is 1.87. The second kappa shape index (κ2) is 7.65. The van der Waals surface area contributed by atoms with E-state index in [0.29, 0.717) is 0 Å². The van der Waals surface area contributed by atoms with Crippen molar-refractivity contribution in [2.75, 3.05) is 25.5 Å². The van der Waals surface area contributed by atoms with E-state index in [1.165, 1.54) is 31.5 Å². The van der Waals surface area contributed by atoms with Gasteiger partial charge in [-0.25, -0.2) is 9.97 Å². The van der Waals surface area contributed by atoms with Crippen molar-refractivity contribution in [1.29, 1.82) is 0 Å². The van der Waals surface area contributed by atoms with Crippen LogP contribution >= 0.6 is 11.3 Å². The minimum Gasteiger partial charge on any atom is -0.372 e. The Morgan fingerprint density at radius 2 is 2.14 bits per heavy atom. The van der Waals surface area contributed by atoms with Crippen molar-refractivity contribution in [1.82, 2.24) is 19.9 Å². The Bertz CT molecular complexity index is 554. The van der Waals surface area contributed by atoms with Crippen LogP contribution in [0.4, 0.5) is 5.82 Å². The van der Waals surface area contributed by atoms with Crippen molar-refractivity contribution in [2.24, 2.45) is 5.92 Å². The lowest BCUT2D eigenvalue weighted by Crippen LogP contribution is -2.24. The predicted molar refractivity (Wildman–Crippen MR) is 90.0 cm³/mol. The van der Waals surface area contributed by atoms with Gasteiger partial charge in [0.1, 0.15) is 5.82 Å². The SMILES string of the molecule is CNc1cnc(CC2CCCN(Cc3cscn3)CC2)cn1. The van der Waals surface area contributed by atoms with Gasteiger partial charge in [-0.15, -0.1) is 11.3 Å². The highest BCUT2D eigenvalue weighted by Gasteiger charge is 2.18. The molecule has 1 saturated heterocycles.